The summed E-state index contributed by atoms with van der Waals surface area (Å²) in [6.07, 6.45) is 4.23. The third-order valence-electron chi connectivity index (χ3n) is 4.81. The van der Waals surface area contributed by atoms with Crippen molar-refractivity contribution in [2.45, 2.75) is 51.2 Å². The van der Waals surface area contributed by atoms with Crippen LogP contribution in [0.2, 0.25) is 0 Å². The average Bonchev–Trinajstić information content (AvgIpc) is 3.40. The van der Waals surface area contributed by atoms with E-state index < -0.39 is 12.1 Å². The van der Waals surface area contributed by atoms with Gasteiger partial charge in [0.15, 0.2) is 0 Å². The van der Waals surface area contributed by atoms with Gasteiger partial charge in [-0.3, -0.25) is 14.4 Å². The number of carbonyl (C=O) groups excluding carboxylic acids is 3. The van der Waals surface area contributed by atoms with Crippen molar-refractivity contribution in [3.8, 4) is 0 Å². The van der Waals surface area contributed by atoms with Gasteiger partial charge in [0.05, 0.1) is 18.7 Å². The van der Waals surface area contributed by atoms with Crippen LogP contribution in [0.1, 0.15) is 38.4 Å². The van der Waals surface area contributed by atoms with E-state index in [0.717, 1.165) is 12.8 Å². The summed E-state index contributed by atoms with van der Waals surface area (Å²) in [6, 6.07) is 2.65. The van der Waals surface area contributed by atoms with E-state index in [2.05, 4.69) is 5.32 Å². The van der Waals surface area contributed by atoms with Gasteiger partial charge in [0.2, 0.25) is 17.7 Å². The van der Waals surface area contributed by atoms with Crippen molar-refractivity contribution in [2.75, 3.05) is 18.2 Å². The average molecular weight is 379 g/mol. The van der Waals surface area contributed by atoms with E-state index in [1.54, 1.807) is 40.0 Å². The molecule has 2 aliphatic rings. The molecule has 1 N–H and O–H groups in total. The first-order chi connectivity index (χ1) is 12.6. The van der Waals surface area contributed by atoms with Gasteiger partial charge >= 0.3 is 0 Å². The largest absolute Gasteiger partial charge is 0.467 e. The van der Waals surface area contributed by atoms with E-state index in [-0.39, 0.29) is 17.7 Å². The maximum absolute atomic E-state index is 13.0. The van der Waals surface area contributed by atoms with E-state index in [4.69, 9.17) is 4.42 Å². The van der Waals surface area contributed by atoms with Crippen LogP contribution in [-0.4, -0.2) is 57.8 Å². The molecule has 0 aromatic carbocycles. The van der Waals surface area contributed by atoms with Crippen LogP contribution in [-0.2, 0) is 20.9 Å². The summed E-state index contributed by atoms with van der Waals surface area (Å²) >= 11 is 1.59. The molecule has 2 unspecified atom stereocenters. The number of nitrogens with zero attached hydrogens (tertiary/aromatic N) is 2. The van der Waals surface area contributed by atoms with Gasteiger partial charge in [0.1, 0.15) is 17.8 Å². The molecule has 2 atom stereocenters. The molecule has 7 nitrogen and oxygen atoms in total. The number of hydrogen-bond acceptors (Lipinski definition) is 5. The van der Waals surface area contributed by atoms with E-state index in [9.17, 15) is 14.4 Å². The first-order valence-corrected chi connectivity index (χ1v) is 10.2. The van der Waals surface area contributed by atoms with Crippen LogP contribution in [0, 0.1) is 0 Å². The minimum Gasteiger partial charge on any atom is -0.467 e. The molecule has 1 aromatic rings. The van der Waals surface area contributed by atoms with Gasteiger partial charge in [-0.25, -0.2) is 0 Å². The molecule has 2 fully saturated rings. The highest BCUT2D eigenvalue weighted by molar-refractivity contribution is 7.99. The summed E-state index contributed by atoms with van der Waals surface area (Å²) in [7, 11) is 0. The smallest absolute Gasteiger partial charge is 0.246 e. The Balaban J connectivity index is 1.62. The number of furan rings is 1. The fourth-order valence-electron chi connectivity index (χ4n) is 3.45. The van der Waals surface area contributed by atoms with Crippen LogP contribution in [0.3, 0.4) is 0 Å². The van der Waals surface area contributed by atoms with E-state index >= 15 is 0 Å². The van der Waals surface area contributed by atoms with Crippen molar-refractivity contribution in [3.05, 3.63) is 24.2 Å². The molecule has 0 saturated carbocycles. The first kappa shape index (κ1) is 18.8. The topological polar surface area (TPSA) is 82.9 Å². The van der Waals surface area contributed by atoms with Gasteiger partial charge in [-0.05, 0) is 31.4 Å². The lowest BCUT2D eigenvalue weighted by atomic mass is 10.1. The first-order valence-electron chi connectivity index (χ1n) is 9.09. The second-order valence-electron chi connectivity index (χ2n) is 6.62. The molecule has 1 aromatic heterocycles. The number of thioether (sulfide) groups is 1. The number of rotatable bonds is 6. The zero-order valence-electron chi connectivity index (χ0n) is 15.0. The highest BCUT2D eigenvalue weighted by Gasteiger charge is 2.42. The third kappa shape index (κ3) is 4.06. The lowest BCUT2D eigenvalue weighted by Crippen LogP contribution is -2.53. The Kier molecular flexibility index (Phi) is 6.24. The van der Waals surface area contributed by atoms with Crippen molar-refractivity contribution in [3.63, 3.8) is 0 Å². The summed E-state index contributed by atoms with van der Waals surface area (Å²) in [5.74, 6) is 1.59. The second kappa shape index (κ2) is 8.62. The van der Waals surface area contributed by atoms with Gasteiger partial charge in [0.25, 0.3) is 0 Å². The molecule has 2 saturated heterocycles. The molecule has 8 heteroatoms. The normalized spacial score (nSPS) is 22.7. The summed E-state index contributed by atoms with van der Waals surface area (Å²) in [5, 5.41) is 2.84. The highest BCUT2D eigenvalue weighted by atomic mass is 32.2. The quantitative estimate of drug-likeness (QED) is 0.812. The molecule has 26 heavy (non-hydrogen) atoms. The van der Waals surface area contributed by atoms with Gasteiger partial charge in [-0.2, -0.15) is 0 Å². The van der Waals surface area contributed by atoms with E-state index in [1.807, 2.05) is 6.92 Å². The molecule has 142 valence electrons. The Bertz CT molecular complexity index is 649. The minimum atomic E-state index is -0.466. The molecule has 3 rings (SSSR count). The van der Waals surface area contributed by atoms with Crippen LogP contribution in [0.25, 0.3) is 0 Å². The number of hydrogen-bond donors (Lipinski definition) is 1. The van der Waals surface area contributed by atoms with Crippen molar-refractivity contribution in [1.29, 1.82) is 0 Å². The molecule has 0 spiro atoms. The molecule has 3 amide bonds. The fraction of sp³-hybridized carbons (Fsp3) is 0.611. The second-order valence-corrected chi connectivity index (χ2v) is 7.62. The van der Waals surface area contributed by atoms with Gasteiger partial charge < -0.3 is 19.5 Å². The molecular weight excluding hydrogens is 354 g/mol. The molecule has 0 aliphatic carbocycles. The molecular formula is C18H25N3O4S. The Morgan fingerprint density at radius 1 is 1.31 bits per heavy atom. The van der Waals surface area contributed by atoms with Crippen LogP contribution in [0.5, 0.6) is 0 Å². The van der Waals surface area contributed by atoms with Crippen LogP contribution >= 0.6 is 11.8 Å². The number of likely N-dealkylation sites (tertiary alicyclic amines) is 1. The molecule has 3 heterocycles. The van der Waals surface area contributed by atoms with Crippen molar-refractivity contribution in [1.82, 2.24) is 15.1 Å². The van der Waals surface area contributed by atoms with Crippen molar-refractivity contribution < 1.29 is 18.8 Å². The standard InChI is InChI=1S/C18H25N3O4S/c1-2-5-16(22)21-12-26-11-15(21)18(24)20-8-3-7-14(20)17(23)19-10-13-6-4-9-25-13/h4,6,9,14-15H,2-3,5,7-8,10-12H2,1H3,(H,19,23). The van der Waals surface area contributed by atoms with Crippen LogP contribution in [0.15, 0.2) is 22.8 Å². The zero-order chi connectivity index (χ0) is 18.5. The SMILES string of the molecule is CCCC(=O)N1CSCC1C(=O)N1CCCC1C(=O)NCc1ccco1. The summed E-state index contributed by atoms with van der Waals surface area (Å²) in [6.45, 7) is 2.83. The van der Waals surface area contributed by atoms with Gasteiger partial charge in [0, 0.05) is 18.7 Å². The van der Waals surface area contributed by atoms with Crippen molar-refractivity contribution >= 4 is 29.5 Å². The maximum Gasteiger partial charge on any atom is 0.246 e. The number of amides is 3. The summed E-state index contributed by atoms with van der Waals surface area (Å²) in [4.78, 5) is 41.2. The Morgan fingerprint density at radius 2 is 2.15 bits per heavy atom. The van der Waals surface area contributed by atoms with E-state index in [0.29, 0.717) is 43.3 Å². The molecule has 0 radical (unpaired) electrons. The minimum absolute atomic E-state index is 0.0221. The Hall–Kier alpha value is -1.96. The van der Waals surface area contributed by atoms with Gasteiger partial charge in [-0.1, -0.05) is 6.92 Å². The third-order valence-corrected chi connectivity index (χ3v) is 5.82. The predicted octanol–water partition coefficient (Wildman–Crippen LogP) is 1.59. The van der Waals surface area contributed by atoms with E-state index in [1.165, 1.54) is 0 Å². The predicted molar refractivity (Wildman–Crippen MR) is 98.2 cm³/mol. The lowest BCUT2D eigenvalue weighted by Gasteiger charge is -2.30. The lowest BCUT2D eigenvalue weighted by molar-refractivity contribution is -0.146. The molecule has 2 aliphatic heterocycles. The number of carbonyl (C=O) groups is 3. The van der Waals surface area contributed by atoms with Crippen molar-refractivity contribution in [2.24, 2.45) is 0 Å². The van der Waals surface area contributed by atoms with Crippen LogP contribution < -0.4 is 5.32 Å². The van der Waals surface area contributed by atoms with Gasteiger partial charge in [-0.15, -0.1) is 11.8 Å². The molecule has 0 bridgehead atoms. The van der Waals surface area contributed by atoms with Crippen LogP contribution in [0.4, 0.5) is 0 Å². The summed E-state index contributed by atoms with van der Waals surface area (Å²) < 4.78 is 5.22. The Morgan fingerprint density at radius 3 is 2.88 bits per heavy atom. The highest BCUT2D eigenvalue weighted by Crippen LogP contribution is 2.27. The fourth-order valence-corrected chi connectivity index (χ4v) is 4.62. The number of nitrogens with one attached hydrogen (secondary N) is 1. The zero-order valence-corrected chi connectivity index (χ0v) is 15.8. The monoisotopic (exact) mass is 379 g/mol. The Labute approximate surface area is 157 Å². The maximum atomic E-state index is 13.0. The summed E-state index contributed by atoms with van der Waals surface area (Å²) in [5.41, 5.74) is 0.